The standard InChI is InChI=1S/C12H17BrN2O2S2/c1-8-7-11(18-12(8)13)19(16,17)14-9-4-6-15-5-2-3-10(9)15/h7,9-10,14H,2-6H2,1H3. The molecule has 0 bridgehead atoms. The molecule has 2 aliphatic rings. The molecule has 0 aliphatic carbocycles. The fraction of sp³-hybridized carbons (Fsp3) is 0.667. The van der Waals surface area contributed by atoms with E-state index in [-0.39, 0.29) is 6.04 Å². The molecule has 2 saturated heterocycles. The van der Waals surface area contributed by atoms with E-state index in [0.717, 1.165) is 35.3 Å². The molecular formula is C12H17BrN2O2S2. The molecular weight excluding hydrogens is 348 g/mol. The van der Waals surface area contributed by atoms with E-state index in [4.69, 9.17) is 0 Å². The third-order valence-corrected chi connectivity index (χ3v) is 8.11. The quantitative estimate of drug-likeness (QED) is 0.895. The van der Waals surface area contributed by atoms with Crippen LogP contribution in [0.15, 0.2) is 14.1 Å². The summed E-state index contributed by atoms with van der Waals surface area (Å²) < 4.78 is 29.0. The lowest BCUT2D eigenvalue weighted by molar-refractivity contribution is 0.309. The molecule has 3 rings (SSSR count). The summed E-state index contributed by atoms with van der Waals surface area (Å²) in [7, 11) is -3.37. The highest BCUT2D eigenvalue weighted by molar-refractivity contribution is 9.11. The van der Waals surface area contributed by atoms with Crippen molar-refractivity contribution in [1.82, 2.24) is 9.62 Å². The van der Waals surface area contributed by atoms with E-state index in [1.807, 2.05) is 6.92 Å². The minimum atomic E-state index is -3.37. The van der Waals surface area contributed by atoms with Crippen LogP contribution in [0, 0.1) is 6.92 Å². The van der Waals surface area contributed by atoms with Crippen LogP contribution in [0.1, 0.15) is 24.8 Å². The topological polar surface area (TPSA) is 49.4 Å². The van der Waals surface area contributed by atoms with Gasteiger partial charge in [0.05, 0.1) is 3.79 Å². The van der Waals surface area contributed by atoms with Crippen molar-refractivity contribution in [3.05, 3.63) is 15.4 Å². The van der Waals surface area contributed by atoms with Crippen molar-refractivity contribution in [2.24, 2.45) is 0 Å². The Labute approximate surface area is 126 Å². The number of halogens is 1. The van der Waals surface area contributed by atoms with Crippen LogP contribution in [0.25, 0.3) is 0 Å². The van der Waals surface area contributed by atoms with Crippen LogP contribution < -0.4 is 4.72 Å². The summed E-state index contributed by atoms with van der Waals surface area (Å²) >= 11 is 4.67. The SMILES string of the molecule is Cc1cc(S(=O)(=O)NC2CCN3CCCC23)sc1Br. The maximum atomic E-state index is 12.4. The average Bonchev–Trinajstić information content (AvgIpc) is 2.99. The summed E-state index contributed by atoms with van der Waals surface area (Å²) in [6.07, 6.45) is 3.22. The first-order chi connectivity index (χ1) is 8.97. The van der Waals surface area contributed by atoms with Crippen molar-refractivity contribution in [2.45, 2.75) is 42.5 Å². The number of hydrogen-bond donors (Lipinski definition) is 1. The Kier molecular flexibility index (Phi) is 3.77. The van der Waals surface area contributed by atoms with Gasteiger partial charge in [-0.1, -0.05) is 0 Å². The molecule has 2 fully saturated rings. The monoisotopic (exact) mass is 364 g/mol. The van der Waals surface area contributed by atoms with Crippen LogP contribution in [-0.2, 0) is 10.0 Å². The van der Waals surface area contributed by atoms with Crippen molar-refractivity contribution < 1.29 is 8.42 Å². The van der Waals surface area contributed by atoms with Crippen LogP contribution in [-0.4, -0.2) is 38.5 Å². The first kappa shape index (κ1) is 14.0. The number of aryl methyl sites for hydroxylation is 1. The first-order valence-corrected chi connectivity index (χ1v) is 9.59. The summed E-state index contributed by atoms with van der Waals surface area (Å²) in [6.45, 7) is 4.05. The highest BCUT2D eigenvalue weighted by Gasteiger charge is 2.39. The summed E-state index contributed by atoms with van der Waals surface area (Å²) in [4.78, 5) is 2.41. The number of nitrogens with zero attached hydrogens (tertiary/aromatic N) is 1. The van der Waals surface area contributed by atoms with E-state index in [1.165, 1.54) is 17.8 Å². The largest absolute Gasteiger partial charge is 0.299 e. The van der Waals surface area contributed by atoms with Crippen LogP contribution in [0.2, 0.25) is 0 Å². The lowest BCUT2D eigenvalue weighted by Crippen LogP contribution is -2.42. The number of fused-ring (bicyclic) bond motifs is 1. The molecule has 1 aromatic heterocycles. The van der Waals surface area contributed by atoms with E-state index < -0.39 is 10.0 Å². The summed E-state index contributed by atoms with van der Waals surface area (Å²) in [5.74, 6) is 0. The molecule has 1 aromatic rings. The van der Waals surface area contributed by atoms with Gasteiger partial charge in [0.15, 0.2) is 0 Å². The van der Waals surface area contributed by atoms with E-state index in [1.54, 1.807) is 6.07 Å². The smallest absolute Gasteiger partial charge is 0.250 e. The van der Waals surface area contributed by atoms with Gasteiger partial charge in [0.1, 0.15) is 4.21 Å². The van der Waals surface area contributed by atoms with Gasteiger partial charge in [0, 0.05) is 18.6 Å². The fourth-order valence-corrected chi connectivity index (χ4v) is 6.59. The molecule has 3 heterocycles. The van der Waals surface area contributed by atoms with Gasteiger partial charge >= 0.3 is 0 Å². The minimum absolute atomic E-state index is 0.0775. The van der Waals surface area contributed by atoms with Gasteiger partial charge < -0.3 is 0 Å². The van der Waals surface area contributed by atoms with Gasteiger partial charge in [-0.3, -0.25) is 4.90 Å². The lowest BCUT2D eigenvalue weighted by atomic mass is 10.1. The van der Waals surface area contributed by atoms with Crippen LogP contribution in [0.4, 0.5) is 0 Å². The van der Waals surface area contributed by atoms with Crippen molar-refractivity contribution in [3.8, 4) is 0 Å². The van der Waals surface area contributed by atoms with Crippen molar-refractivity contribution in [2.75, 3.05) is 13.1 Å². The average molecular weight is 365 g/mol. The minimum Gasteiger partial charge on any atom is -0.299 e. The van der Waals surface area contributed by atoms with Gasteiger partial charge in [-0.2, -0.15) is 0 Å². The molecule has 2 unspecified atom stereocenters. The Bertz CT molecular complexity index is 565. The van der Waals surface area contributed by atoms with Gasteiger partial charge in [-0.25, -0.2) is 13.1 Å². The summed E-state index contributed by atoms with van der Waals surface area (Å²) in [6, 6.07) is 2.21. The van der Waals surface area contributed by atoms with E-state index in [9.17, 15) is 8.42 Å². The second-order valence-electron chi connectivity index (χ2n) is 5.28. The second-order valence-corrected chi connectivity index (χ2v) is 9.60. The predicted octanol–water partition coefficient (Wildman–Crippen LogP) is 2.33. The van der Waals surface area contributed by atoms with Crippen LogP contribution in [0.5, 0.6) is 0 Å². The summed E-state index contributed by atoms with van der Waals surface area (Å²) in [5, 5.41) is 0. The van der Waals surface area contributed by atoms with Crippen molar-refractivity contribution in [1.29, 1.82) is 0 Å². The molecule has 4 nitrogen and oxygen atoms in total. The number of nitrogens with one attached hydrogen (secondary N) is 1. The molecule has 0 aromatic carbocycles. The molecule has 0 spiro atoms. The molecule has 19 heavy (non-hydrogen) atoms. The second kappa shape index (κ2) is 5.11. The highest BCUT2D eigenvalue weighted by Crippen LogP contribution is 2.32. The normalized spacial score (nSPS) is 27.9. The predicted molar refractivity (Wildman–Crippen MR) is 80.1 cm³/mol. The van der Waals surface area contributed by atoms with Crippen molar-refractivity contribution in [3.63, 3.8) is 0 Å². The zero-order valence-corrected chi connectivity index (χ0v) is 13.9. The molecule has 2 atom stereocenters. The molecule has 7 heteroatoms. The summed E-state index contributed by atoms with van der Waals surface area (Å²) in [5.41, 5.74) is 0.972. The maximum absolute atomic E-state index is 12.4. The first-order valence-electron chi connectivity index (χ1n) is 6.50. The third-order valence-electron chi connectivity index (χ3n) is 4.01. The molecule has 2 aliphatic heterocycles. The van der Waals surface area contributed by atoms with E-state index in [0.29, 0.717) is 10.3 Å². The van der Waals surface area contributed by atoms with E-state index >= 15 is 0 Å². The van der Waals surface area contributed by atoms with Gasteiger partial charge in [-0.15, -0.1) is 11.3 Å². The lowest BCUT2D eigenvalue weighted by Gasteiger charge is -2.20. The van der Waals surface area contributed by atoms with Gasteiger partial charge in [0.2, 0.25) is 10.0 Å². The van der Waals surface area contributed by atoms with Crippen LogP contribution in [0.3, 0.4) is 0 Å². The van der Waals surface area contributed by atoms with E-state index in [2.05, 4.69) is 25.6 Å². The zero-order chi connectivity index (χ0) is 13.6. The Morgan fingerprint density at radius 3 is 2.89 bits per heavy atom. The Morgan fingerprint density at radius 1 is 1.42 bits per heavy atom. The number of hydrogen-bond acceptors (Lipinski definition) is 4. The van der Waals surface area contributed by atoms with Crippen LogP contribution >= 0.6 is 27.3 Å². The highest BCUT2D eigenvalue weighted by atomic mass is 79.9. The number of sulfonamides is 1. The molecule has 0 amide bonds. The van der Waals surface area contributed by atoms with Crippen molar-refractivity contribution >= 4 is 37.3 Å². The van der Waals surface area contributed by atoms with Gasteiger partial charge in [0.25, 0.3) is 0 Å². The molecule has 0 radical (unpaired) electrons. The molecule has 1 N–H and O–H groups in total. The fourth-order valence-electron chi connectivity index (χ4n) is 3.04. The number of rotatable bonds is 3. The Morgan fingerprint density at radius 2 is 2.21 bits per heavy atom. The zero-order valence-electron chi connectivity index (χ0n) is 10.7. The van der Waals surface area contributed by atoms with Gasteiger partial charge in [-0.05, 0) is 60.3 Å². The molecule has 106 valence electrons. The Balaban J connectivity index is 1.78. The Hall–Kier alpha value is 0.0500. The maximum Gasteiger partial charge on any atom is 0.250 e. The third kappa shape index (κ3) is 2.63. The number of thiophene rings is 1. The molecule has 0 saturated carbocycles.